The molecule has 5 N–H and O–H groups in total. The zero-order valence-electron chi connectivity index (χ0n) is 23.7. The van der Waals surface area contributed by atoms with Gasteiger partial charge in [0.2, 0.25) is 11.8 Å². The van der Waals surface area contributed by atoms with Gasteiger partial charge in [-0.05, 0) is 48.2 Å². The number of furan rings is 1. The van der Waals surface area contributed by atoms with Crippen LogP contribution >= 0.6 is 0 Å². The molecule has 230 valence electrons. The van der Waals surface area contributed by atoms with Crippen LogP contribution in [0.15, 0.2) is 34.7 Å². The number of aliphatic hydroxyl groups excluding tert-OH is 3. The van der Waals surface area contributed by atoms with Crippen molar-refractivity contribution in [3.8, 4) is 11.8 Å². The molecule has 10 nitrogen and oxygen atoms in total. The number of fused-ring (bicyclic) bond motifs is 1. The highest BCUT2D eigenvalue weighted by Gasteiger charge is 2.26. The number of benzene rings is 2. The van der Waals surface area contributed by atoms with Gasteiger partial charge in [0.1, 0.15) is 35.6 Å². The van der Waals surface area contributed by atoms with E-state index in [0.717, 1.165) is 12.1 Å². The van der Waals surface area contributed by atoms with E-state index in [9.17, 15) is 28.3 Å². The Balaban J connectivity index is 2.10. The lowest BCUT2D eigenvalue weighted by Crippen LogP contribution is -2.48. The van der Waals surface area contributed by atoms with Crippen molar-refractivity contribution >= 4 is 28.8 Å². The third kappa shape index (κ3) is 9.61. The van der Waals surface area contributed by atoms with Crippen molar-refractivity contribution in [1.82, 2.24) is 10.6 Å². The van der Waals surface area contributed by atoms with Crippen LogP contribution in [0.2, 0.25) is 0 Å². The highest BCUT2D eigenvalue weighted by Crippen LogP contribution is 2.32. The Morgan fingerprint density at radius 1 is 0.977 bits per heavy atom. The molecule has 1 heterocycles. The van der Waals surface area contributed by atoms with E-state index in [1.165, 1.54) is 6.92 Å². The van der Waals surface area contributed by atoms with Crippen LogP contribution in [0.5, 0.6) is 0 Å². The molecular weight excluding hydrogens is 566 g/mol. The Hall–Kier alpha value is -4.31. The zero-order valence-corrected chi connectivity index (χ0v) is 23.7. The molecule has 0 saturated carbocycles. The summed E-state index contributed by atoms with van der Waals surface area (Å²) in [5.41, 5.74) is 1.25. The Morgan fingerprint density at radius 2 is 1.70 bits per heavy atom. The Morgan fingerprint density at radius 3 is 2.35 bits per heavy atom. The molecule has 0 fully saturated rings. The molecule has 0 aliphatic carbocycles. The maximum Gasteiger partial charge on any atom is 0.342 e. The number of halogens is 2. The smallest absolute Gasteiger partial charge is 0.342 e. The highest BCUT2D eigenvalue weighted by molar-refractivity contribution is 6.06. The fourth-order valence-electron chi connectivity index (χ4n) is 4.39. The van der Waals surface area contributed by atoms with E-state index >= 15 is 0 Å². The lowest BCUT2D eigenvalue weighted by Gasteiger charge is -2.18. The molecule has 1 aromatic heterocycles. The second kappa shape index (κ2) is 16.4. The molecular formula is C31H34F2N2O8. The van der Waals surface area contributed by atoms with Crippen molar-refractivity contribution < 1.29 is 47.6 Å². The van der Waals surface area contributed by atoms with Crippen LogP contribution in [0.3, 0.4) is 0 Å². The van der Waals surface area contributed by atoms with Crippen LogP contribution in [-0.2, 0) is 33.8 Å². The molecule has 0 bridgehead atoms. The SMILES string of the molecule is CC(=O)N[C@@H](Cc1cc(C#CCCCO)c2oc(CCCO)c(C(=O)OCc3cc(F)cc(F)c3)c2c1)C(=O)NCCO. The predicted molar refractivity (Wildman–Crippen MR) is 152 cm³/mol. The first kappa shape index (κ1) is 33.2. The van der Waals surface area contributed by atoms with E-state index in [2.05, 4.69) is 22.5 Å². The fraction of sp³-hybridized carbons (Fsp3) is 0.387. The molecule has 0 saturated heterocycles. The minimum atomic E-state index is -1.02. The van der Waals surface area contributed by atoms with E-state index in [1.54, 1.807) is 12.1 Å². The number of hydrogen-bond acceptors (Lipinski definition) is 8. The maximum absolute atomic E-state index is 13.7. The first-order chi connectivity index (χ1) is 20.7. The minimum absolute atomic E-state index is 0.00763. The van der Waals surface area contributed by atoms with Gasteiger partial charge in [-0.2, -0.15) is 0 Å². The lowest BCUT2D eigenvalue weighted by atomic mass is 9.98. The summed E-state index contributed by atoms with van der Waals surface area (Å²) in [6.45, 7) is 0.282. The maximum atomic E-state index is 13.7. The second-order valence-corrected chi connectivity index (χ2v) is 9.70. The zero-order chi connectivity index (χ0) is 31.4. The van der Waals surface area contributed by atoms with Crippen LogP contribution in [0, 0.1) is 23.5 Å². The molecule has 2 aromatic carbocycles. The quantitative estimate of drug-likeness (QED) is 0.107. The molecule has 1 atom stereocenters. The molecule has 0 radical (unpaired) electrons. The van der Waals surface area contributed by atoms with Crippen molar-refractivity contribution in [3.05, 3.63) is 70.0 Å². The van der Waals surface area contributed by atoms with Crippen LogP contribution < -0.4 is 10.6 Å². The van der Waals surface area contributed by atoms with Crippen molar-refractivity contribution in [3.63, 3.8) is 0 Å². The summed E-state index contributed by atoms with van der Waals surface area (Å²) in [5, 5.41) is 33.1. The van der Waals surface area contributed by atoms with Gasteiger partial charge < -0.3 is 35.1 Å². The van der Waals surface area contributed by atoms with Gasteiger partial charge in [-0.15, -0.1) is 0 Å². The first-order valence-electron chi connectivity index (χ1n) is 13.7. The first-order valence-corrected chi connectivity index (χ1v) is 13.7. The number of aryl methyl sites for hydroxylation is 1. The van der Waals surface area contributed by atoms with Gasteiger partial charge >= 0.3 is 5.97 Å². The fourth-order valence-corrected chi connectivity index (χ4v) is 4.39. The van der Waals surface area contributed by atoms with Crippen molar-refractivity contribution in [1.29, 1.82) is 0 Å². The number of ether oxygens (including phenoxy) is 1. The summed E-state index contributed by atoms with van der Waals surface area (Å²) in [6, 6.07) is 5.03. The largest absolute Gasteiger partial charge is 0.459 e. The van der Waals surface area contributed by atoms with Crippen molar-refractivity contribution in [2.75, 3.05) is 26.4 Å². The van der Waals surface area contributed by atoms with E-state index in [0.29, 0.717) is 35.4 Å². The van der Waals surface area contributed by atoms with Crippen molar-refractivity contribution in [2.24, 2.45) is 0 Å². The van der Waals surface area contributed by atoms with E-state index in [1.807, 2.05) is 0 Å². The number of carbonyl (C=O) groups is 3. The number of hydrogen-bond donors (Lipinski definition) is 5. The Labute approximate surface area is 247 Å². The number of nitrogens with one attached hydrogen (secondary N) is 2. The van der Waals surface area contributed by atoms with E-state index < -0.39 is 42.1 Å². The summed E-state index contributed by atoms with van der Waals surface area (Å²) in [7, 11) is 0. The summed E-state index contributed by atoms with van der Waals surface area (Å²) in [4.78, 5) is 38.0. The summed E-state index contributed by atoms with van der Waals surface area (Å²) >= 11 is 0. The van der Waals surface area contributed by atoms with Gasteiger partial charge in [0.05, 0.1) is 12.2 Å². The molecule has 43 heavy (non-hydrogen) atoms. The van der Waals surface area contributed by atoms with E-state index in [-0.39, 0.29) is 68.1 Å². The lowest BCUT2D eigenvalue weighted by molar-refractivity contribution is -0.128. The number of carbonyl (C=O) groups excluding carboxylic acids is 3. The van der Waals surface area contributed by atoms with Crippen LogP contribution in [0.4, 0.5) is 8.78 Å². The second-order valence-electron chi connectivity index (χ2n) is 9.70. The normalized spacial score (nSPS) is 11.5. The number of unbranched alkanes of at least 4 members (excludes halogenated alkanes) is 1. The van der Waals surface area contributed by atoms with Gasteiger partial charge in [-0.1, -0.05) is 11.8 Å². The van der Waals surface area contributed by atoms with Crippen LogP contribution in [0.1, 0.15) is 59.0 Å². The van der Waals surface area contributed by atoms with Gasteiger partial charge in [-0.3, -0.25) is 9.59 Å². The average Bonchev–Trinajstić information content (AvgIpc) is 3.33. The molecule has 0 aliphatic heterocycles. The molecule has 0 spiro atoms. The Kier molecular flexibility index (Phi) is 12.6. The number of aliphatic hydroxyl groups is 3. The standard InChI is InChI=1S/C31H34F2N2O8/c1-19(39)35-26(30(40)34-8-11-38)16-20-12-22(6-3-2-4-9-36)29-25(15-20)28(27(43-29)7-5-10-37)31(41)42-18-21-13-23(32)17-24(33)14-21/h12-15,17,26,36-38H,2,4-5,7-11,16,18H2,1H3,(H,34,40)(H,35,39)/t26-/m0/s1. The predicted octanol–water partition coefficient (Wildman–Crippen LogP) is 2.27. The summed E-state index contributed by atoms with van der Waals surface area (Å²) in [6.07, 6.45) is 1.22. The molecule has 2 amide bonds. The topological polar surface area (TPSA) is 158 Å². The van der Waals surface area contributed by atoms with Crippen LogP contribution in [0.25, 0.3) is 11.0 Å². The van der Waals surface area contributed by atoms with Gasteiger partial charge in [0.15, 0.2) is 5.58 Å². The molecule has 0 aliphatic rings. The third-order valence-electron chi connectivity index (χ3n) is 6.21. The molecule has 12 heteroatoms. The number of amides is 2. The summed E-state index contributed by atoms with van der Waals surface area (Å²) < 4.78 is 38.8. The average molecular weight is 601 g/mol. The monoisotopic (exact) mass is 600 g/mol. The van der Waals surface area contributed by atoms with E-state index in [4.69, 9.17) is 19.4 Å². The molecule has 3 aromatic rings. The Bertz CT molecular complexity index is 1490. The highest BCUT2D eigenvalue weighted by atomic mass is 19.1. The molecule has 0 unspecified atom stereocenters. The minimum Gasteiger partial charge on any atom is -0.459 e. The van der Waals surface area contributed by atoms with Gasteiger partial charge in [0.25, 0.3) is 0 Å². The number of esters is 1. The molecule has 3 rings (SSSR count). The summed E-state index contributed by atoms with van der Waals surface area (Å²) in [5.74, 6) is 2.65. The van der Waals surface area contributed by atoms with Crippen molar-refractivity contribution in [2.45, 2.75) is 51.7 Å². The van der Waals surface area contributed by atoms with Gasteiger partial charge in [-0.25, -0.2) is 13.6 Å². The van der Waals surface area contributed by atoms with Gasteiger partial charge in [0, 0.05) is 57.4 Å². The van der Waals surface area contributed by atoms with Crippen LogP contribution in [-0.4, -0.2) is 65.5 Å². The number of rotatable bonds is 14. The third-order valence-corrected chi connectivity index (χ3v) is 6.21.